The van der Waals surface area contributed by atoms with Crippen molar-refractivity contribution < 1.29 is 8.42 Å². The quantitative estimate of drug-likeness (QED) is 0.581. The van der Waals surface area contributed by atoms with Gasteiger partial charge in [-0.2, -0.15) is 17.8 Å². The predicted molar refractivity (Wildman–Crippen MR) is 75.0 cm³/mol. The van der Waals surface area contributed by atoms with Crippen LogP contribution in [0.5, 0.6) is 0 Å². The van der Waals surface area contributed by atoms with Gasteiger partial charge in [-0.3, -0.25) is 5.10 Å². The van der Waals surface area contributed by atoms with Crippen molar-refractivity contribution in [3.05, 3.63) is 12.2 Å². The Morgan fingerprint density at radius 3 is 3.05 bits per heavy atom. The summed E-state index contributed by atoms with van der Waals surface area (Å²) in [7, 11) is -3.43. The minimum atomic E-state index is -3.43. The van der Waals surface area contributed by atoms with Crippen LogP contribution in [0.4, 0.5) is 0 Å². The molecule has 0 saturated carbocycles. The third-order valence-corrected chi connectivity index (χ3v) is 5.16. The first-order valence-electron chi connectivity index (χ1n) is 6.94. The van der Waals surface area contributed by atoms with Crippen LogP contribution in [0.2, 0.25) is 0 Å². The molecule has 1 aliphatic heterocycles. The van der Waals surface area contributed by atoms with Gasteiger partial charge in [-0.1, -0.05) is 6.42 Å². The number of H-pyrrole nitrogens is 1. The van der Waals surface area contributed by atoms with E-state index in [-0.39, 0.29) is 6.04 Å². The fraction of sp³-hybridized carbons (Fsp3) is 0.818. The number of aromatic nitrogens is 3. The van der Waals surface area contributed by atoms with Gasteiger partial charge in [0.1, 0.15) is 12.2 Å². The Kier molecular flexibility index (Phi) is 5.46. The highest BCUT2D eigenvalue weighted by molar-refractivity contribution is 7.87. The van der Waals surface area contributed by atoms with Crippen LogP contribution in [-0.4, -0.2) is 53.6 Å². The van der Waals surface area contributed by atoms with Gasteiger partial charge in [-0.05, 0) is 19.3 Å². The maximum atomic E-state index is 12.2. The van der Waals surface area contributed by atoms with Crippen LogP contribution < -0.4 is 10.5 Å². The second kappa shape index (κ2) is 7.11. The van der Waals surface area contributed by atoms with Gasteiger partial charge in [0.05, 0.1) is 0 Å². The van der Waals surface area contributed by atoms with E-state index in [1.807, 2.05) is 0 Å². The van der Waals surface area contributed by atoms with Gasteiger partial charge in [0.15, 0.2) is 0 Å². The van der Waals surface area contributed by atoms with E-state index in [4.69, 9.17) is 5.73 Å². The van der Waals surface area contributed by atoms with E-state index in [0.29, 0.717) is 32.5 Å². The lowest BCUT2D eigenvalue weighted by Crippen LogP contribution is -2.51. The van der Waals surface area contributed by atoms with Gasteiger partial charge in [-0.25, -0.2) is 9.71 Å². The molecule has 9 heteroatoms. The summed E-state index contributed by atoms with van der Waals surface area (Å²) in [6.45, 7) is 1.31. The number of hydrogen-bond acceptors (Lipinski definition) is 5. The minimum absolute atomic E-state index is 0.0736. The number of aryl methyl sites for hydroxylation is 1. The summed E-state index contributed by atoms with van der Waals surface area (Å²) in [6, 6.07) is -0.0736. The van der Waals surface area contributed by atoms with Gasteiger partial charge in [0, 0.05) is 32.1 Å². The highest BCUT2D eigenvalue weighted by Gasteiger charge is 2.30. The fourth-order valence-electron chi connectivity index (χ4n) is 2.42. The molecule has 1 aromatic heterocycles. The third kappa shape index (κ3) is 3.98. The fourth-order valence-corrected chi connectivity index (χ4v) is 3.94. The Morgan fingerprint density at radius 2 is 2.35 bits per heavy atom. The van der Waals surface area contributed by atoms with Gasteiger partial charge in [0.2, 0.25) is 0 Å². The zero-order valence-corrected chi connectivity index (χ0v) is 12.3. The van der Waals surface area contributed by atoms with Crippen molar-refractivity contribution in [1.29, 1.82) is 0 Å². The summed E-state index contributed by atoms with van der Waals surface area (Å²) in [5.74, 6) is 0.766. The zero-order chi connectivity index (χ0) is 14.4. The van der Waals surface area contributed by atoms with E-state index >= 15 is 0 Å². The van der Waals surface area contributed by atoms with Crippen LogP contribution >= 0.6 is 0 Å². The molecule has 114 valence electrons. The minimum Gasteiger partial charge on any atom is -0.329 e. The standard InChI is InChI=1S/C11H22N6O2S/c12-8-10-4-1-2-7-17(10)20(18,19)15-6-3-5-11-13-9-14-16-11/h9-10,15H,1-8,12H2,(H,13,14,16). The van der Waals surface area contributed by atoms with Crippen LogP contribution in [0.15, 0.2) is 6.33 Å². The molecule has 0 aliphatic carbocycles. The van der Waals surface area contributed by atoms with Crippen molar-refractivity contribution in [3.8, 4) is 0 Å². The maximum absolute atomic E-state index is 12.2. The molecule has 0 radical (unpaired) electrons. The summed E-state index contributed by atoms with van der Waals surface area (Å²) < 4.78 is 28.6. The smallest absolute Gasteiger partial charge is 0.279 e. The van der Waals surface area contributed by atoms with Crippen LogP contribution in [0.1, 0.15) is 31.5 Å². The Balaban J connectivity index is 1.80. The lowest BCUT2D eigenvalue weighted by molar-refractivity contribution is 0.254. The SMILES string of the molecule is NCC1CCCCN1S(=O)(=O)NCCCc1ncn[nH]1. The summed E-state index contributed by atoms with van der Waals surface area (Å²) in [5.41, 5.74) is 5.66. The van der Waals surface area contributed by atoms with Crippen LogP contribution in [0, 0.1) is 0 Å². The molecule has 0 amide bonds. The summed E-state index contributed by atoms with van der Waals surface area (Å²) in [6.07, 6.45) is 5.57. The maximum Gasteiger partial charge on any atom is 0.279 e. The highest BCUT2D eigenvalue weighted by atomic mass is 32.2. The molecule has 4 N–H and O–H groups in total. The number of nitrogens with two attached hydrogens (primary N) is 1. The molecule has 2 rings (SSSR count). The lowest BCUT2D eigenvalue weighted by Gasteiger charge is -2.33. The van der Waals surface area contributed by atoms with Crippen LogP contribution in [-0.2, 0) is 16.6 Å². The molecule has 1 aliphatic rings. The van der Waals surface area contributed by atoms with E-state index in [2.05, 4.69) is 19.9 Å². The molecule has 1 unspecified atom stereocenters. The first-order chi connectivity index (χ1) is 9.63. The molecule has 0 spiro atoms. The third-order valence-electron chi connectivity index (χ3n) is 3.49. The van der Waals surface area contributed by atoms with Gasteiger partial charge in [-0.15, -0.1) is 0 Å². The number of piperidine rings is 1. The normalized spacial score (nSPS) is 21.1. The Labute approximate surface area is 119 Å². The Hall–Kier alpha value is -1.03. The van der Waals surface area contributed by atoms with E-state index in [0.717, 1.165) is 25.1 Å². The van der Waals surface area contributed by atoms with Crippen LogP contribution in [0.3, 0.4) is 0 Å². The Morgan fingerprint density at radius 1 is 1.50 bits per heavy atom. The van der Waals surface area contributed by atoms with E-state index in [1.54, 1.807) is 0 Å². The average Bonchev–Trinajstić information content (AvgIpc) is 2.97. The second-order valence-corrected chi connectivity index (χ2v) is 6.64. The first kappa shape index (κ1) is 15.4. The predicted octanol–water partition coefficient (Wildman–Crippen LogP) is -0.615. The van der Waals surface area contributed by atoms with Crippen molar-refractivity contribution in [3.63, 3.8) is 0 Å². The molecule has 20 heavy (non-hydrogen) atoms. The highest BCUT2D eigenvalue weighted by Crippen LogP contribution is 2.18. The van der Waals surface area contributed by atoms with Crippen molar-refractivity contribution in [2.24, 2.45) is 5.73 Å². The topological polar surface area (TPSA) is 117 Å². The number of nitrogens with one attached hydrogen (secondary N) is 2. The zero-order valence-electron chi connectivity index (χ0n) is 11.5. The molecule has 1 fully saturated rings. The van der Waals surface area contributed by atoms with Crippen LogP contribution in [0.25, 0.3) is 0 Å². The van der Waals surface area contributed by atoms with Crippen molar-refractivity contribution in [2.45, 2.75) is 38.1 Å². The van der Waals surface area contributed by atoms with E-state index < -0.39 is 10.2 Å². The number of rotatable bonds is 7. The molecule has 1 atom stereocenters. The summed E-state index contributed by atoms with van der Waals surface area (Å²) in [4.78, 5) is 3.99. The monoisotopic (exact) mass is 302 g/mol. The lowest BCUT2D eigenvalue weighted by atomic mass is 10.1. The summed E-state index contributed by atoms with van der Waals surface area (Å²) in [5, 5.41) is 6.50. The molecular formula is C11H22N6O2S. The molecule has 1 saturated heterocycles. The molecule has 0 aromatic carbocycles. The van der Waals surface area contributed by atoms with E-state index in [9.17, 15) is 8.42 Å². The van der Waals surface area contributed by atoms with Gasteiger partial charge >= 0.3 is 0 Å². The summed E-state index contributed by atoms with van der Waals surface area (Å²) >= 11 is 0. The average molecular weight is 302 g/mol. The second-order valence-electron chi connectivity index (χ2n) is 4.93. The Bertz CT molecular complexity index is 489. The van der Waals surface area contributed by atoms with Crippen molar-refractivity contribution in [1.82, 2.24) is 24.2 Å². The van der Waals surface area contributed by atoms with E-state index in [1.165, 1.54) is 10.6 Å². The van der Waals surface area contributed by atoms with Gasteiger partial charge < -0.3 is 5.73 Å². The number of hydrogen-bond donors (Lipinski definition) is 3. The molecule has 1 aromatic rings. The molecular weight excluding hydrogens is 280 g/mol. The van der Waals surface area contributed by atoms with Gasteiger partial charge in [0.25, 0.3) is 10.2 Å². The number of aromatic amines is 1. The molecule has 0 bridgehead atoms. The largest absolute Gasteiger partial charge is 0.329 e. The van der Waals surface area contributed by atoms with Crippen molar-refractivity contribution >= 4 is 10.2 Å². The first-order valence-corrected chi connectivity index (χ1v) is 8.38. The molecule has 8 nitrogen and oxygen atoms in total. The van der Waals surface area contributed by atoms with Crippen molar-refractivity contribution in [2.75, 3.05) is 19.6 Å². The molecule has 2 heterocycles. The number of nitrogens with zero attached hydrogens (tertiary/aromatic N) is 3.